The molecular formula is C14H20N4O. The minimum absolute atomic E-state index is 0.0353. The fourth-order valence-electron chi connectivity index (χ4n) is 1.89. The van der Waals surface area contributed by atoms with Gasteiger partial charge in [-0.3, -0.25) is 4.79 Å². The van der Waals surface area contributed by atoms with Crippen LogP contribution in [0, 0.1) is 5.92 Å². The van der Waals surface area contributed by atoms with Gasteiger partial charge in [-0.15, -0.1) is 0 Å². The first-order valence-corrected chi connectivity index (χ1v) is 6.68. The minimum Gasteiger partial charge on any atom is -0.309 e. The fraction of sp³-hybridized carbons (Fsp3) is 0.500. The molecule has 2 rings (SSSR count). The molecule has 0 bridgehead atoms. The van der Waals surface area contributed by atoms with Gasteiger partial charge in [0.25, 0.3) is 0 Å². The average molecular weight is 260 g/mol. The van der Waals surface area contributed by atoms with E-state index in [9.17, 15) is 4.79 Å². The lowest BCUT2D eigenvalue weighted by molar-refractivity contribution is -0.118. The summed E-state index contributed by atoms with van der Waals surface area (Å²) in [5, 5.41) is 7.12. The summed E-state index contributed by atoms with van der Waals surface area (Å²) in [7, 11) is 0. The van der Waals surface area contributed by atoms with E-state index in [0.29, 0.717) is 11.7 Å². The van der Waals surface area contributed by atoms with Crippen LogP contribution in [0.2, 0.25) is 0 Å². The first kappa shape index (κ1) is 13.5. The molecule has 19 heavy (non-hydrogen) atoms. The highest BCUT2D eigenvalue weighted by Crippen LogP contribution is 2.23. The Kier molecular flexibility index (Phi) is 3.83. The van der Waals surface area contributed by atoms with E-state index >= 15 is 0 Å². The van der Waals surface area contributed by atoms with Crippen LogP contribution in [0.4, 0.5) is 5.82 Å². The van der Waals surface area contributed by atoms with Crippen molar-refractivity contribution in [3.63, 3.8) is 0 Å². The van der Waals surface area contributed by atoms with Crippen molar-refractivity contribution in [3.8, 4) is 0 Å². The maximum atomic E-state index is 11.8. The first-order valence-electron chi connectivity index (χ1n) is 6.68. The molecule has 0 spiro atoms. The van der Waals surface area contributed by atoms with Crippen molar-refractivity contribution in [2.24, 2.45) is 5.92 Å². The Morgan fingerprint density at radius 2 is 2.11 bits per heavy atom. The third-order valence-electron chi connectivity index (χ3n) is 3.36. The summed E-state index contributed by atoms with van der Waals surface area (Å²) >= 11 is 0. The predicted molar refractivity (Wildman–Crippen MR) is 75.2 cm³/mol. The van der Waals surface area contributed by atoms with Crippen molar-refractivity contribution in [2.45, 2.75) is 40.0 Å². The van der Waals surface area contributed by atoms with Crippen molar-refractivity contribution >= 4 is 17.2 Å². The molecule has 102 valence electrons. The molecule has 0 radical (unpaired) electrons. The van der Waals surface area contributed by atoms with Crippen LogP contribution in [0.1, 0.15) is 45.7 Å². The number of carbonyl (C=O) groups is 1. The maximum Gasteiger partial charge on any atom is 0.228 e. The van der Waals surface area contributed by atoms with Gasteiger partial charge in [0.2, 0.25) is 5.91 Å². The van der Waals surface area contributed by atoms with E-state index in [-0.39, 0.29) is 11.8 Å². The van der Waals surface area contributed by atoms with Gasteiger partial charge < -0.3 is 5.32 Å². The molecule has 2 aromatic rings. The Morgan fingerprint density at radius 3 is 2.74 bits per heavy atom. The molecular weight excluding hydrogens is 240 g/mol. The van der Waals surface area contributed by atoms with Crippen LogP contribution in [-0.2, 0) is 4.79 Å². The summed E-state index contributed by atoms with van der Waals surface area (Å²) in [4.78, 5) is 15.9. The third-order valence-corrected chi connectivity index (χ3v) is 3.36. The van der Waals surface area contributed by atoms with Gasteiger partial charge in [-0.2, -0.15) is 5.10 Å². The molecule has 0 aliphatic carbocycles. The van der Waals surface area contributed by atoms with Crippen LogP contribution in [0.3, 0.4) is 0 Å². The molecule has 5 nitrogen and oxygen atoms in total. The quantitative estimate of drug-likeness (QED) is 0.919. The van der Waals surface area contributed by atoms with E-state index in [0.717, 1.165) is 17.6 Å². The maximum absolute atomic E-state index is 11.8. The van der Waals surface area contributed by atoms with Gasteiger partial charge in [0.05, 0.1) is 0 Å². The van der Waals surface area contributed by atoms with Crippen molar-refractivity contribution in [1.82, 2.24) is 14.6 Å². The van der Waals surface area contributed by atoms with Crippen molar-refractivity contribution < 1.29 is 4.79 Å². The second kappa shape index (κ2) is 5.38. The SMILES string of the molecule is CCC(C)c1ccc2c(NC(=O)C(C)C)ncnn12. The number of anilines is 1. The number of hydrogen-bond acceptors (Lipinski definition) is 3. The molecule has 2 aromatic heterocycles. The summed E-state index contributed by atoms with van der Waals surface area (Å²) in [6.07, 6.45) is 2.53. The number of aromatic nitrogens is 3. The Labute approximate surface area is 113 Å². The number of fused-ring (bicyclic) bond motifs is 1. The Hall–Kier alpha value is -1.91. The van der Waals surface area contributed by atoms with E-state index in [1.54, 1.807) is 0 Å². The monoisotopic (exact) mass is 260 g/mol. The summed E-state index contributed by atoms with van der Waals surface area (Å²) < 4.78 is 1.86. The summed E-state index contributed by atoms with van der Waals surface area (Å²) in [6.45, 7) is 8.02. The molecule has 0 aromatic carbocycles. The lowest BCUT2D eigenvalue weighted by Crippen LogP contribution is -2.19. The summed E-state index contributed by atoms with van der Waals surface area (Å²) in [5.74, 6) is 0.889. The van der Waals surface area contributed by atoms with E-state index in [1.165, 1.54) is 6.33 Å². The highest BCUT2D eigenvalue weighted by atomic mass is 16.1. The topological polar surface area (TPSA) is 59.3 Å². The number of rotatable bonds is 4. The van der Waals surface area contributed by atoms with E-state index in [2.05, 4.69) is 29.2 Å². The lowest BCUT2D eigenvalue weighted by atomic mass is 10.1. The van der Waals surface area contributed by atoms with Gasteiger partial charge in [0.1, 0.15) is 11.8 Å². The molecule has 0 fully saturated rings. The smallest absolute Gasteiger partial charge is 0.228 e. The lowest BCUT2D eigenvalue weighted by Gasteiger charge is -2.10. The number of nitrogens with one attached hydrogen (secondary N) is 1. The zero-order chi connectivity index (χ0) is 14.0. The fourth-order valence-corrected chi connectivity index (χ4v) is 1.89. The molecule has 0 aliphatic heterocycles. The van der Waals surface area contributed by atoms with Crippen molar-refractivity contribution in [1.29, 1.82) is 0 Å². The van der Waals surface area contributed by atoms with Crippen molar-refractivity contribution in [2.75, 3.05) is 5.32 Å². The molecule has 0 saturated heterocycles. The highest BCUT2D eigenvalue weighted by molar-refractivity contribution is 5.94. The van der Waals surface area contributed by atoms with Crippen LogP contribution in [0.5, 0.6) is 0 Å². The van der Waals surface area contributed by atoms with E-state index in [4.69, 9.17) is 0 Å². The first-order chi connectivity index (χ1) is 9.04. The summed E-state index contributed by atoms with van der Waals surface area (Å²) in [6, 6.07) is 4.00. The molecule has 1 N–H and O–H groups in total. The van der Waals surface area contributed by atoms with Gasteiger partial charge in [-0.05, 0) is 24.5 Å². The zero-order valence-electron chi connectivity index (χ0n) is 11.8. The molecule has 2 heterocycles. The number of carbonyl (C=O) groups excluding carboxylic acids is 1. The third kappa shape index (κ3) is 2.59. The van der Waals surface area contributed by atoms with Crippen LogP contribution >= 0.6 is 0 Å². The van der Waals surface area contributed by atoms with E-state index < -0.39 is 0 Å². The number of amides is 1. The van der Waals surface area contributed by atoms with Crippen LogP contribution < -0.4 is 5.32 Å². The molecule has 1 amide bonds. The van der Waals surface area contributed by atoms with Crippen LogP contribution in [-0.4, -0.2) is 20.5 Å². The highest BCUT2D eigenvalue weighted by Gasteiger charge is 2.15. The Balaban J connectivity index is 2.42. The largest absolute Gasteiger partial charge is 0.309 e. The van der Waals surface area contributed by atoms with Gasteiger partial charge in [0, 0.05) is 11.6 Å². The molecule has 0 aliphatic rings. The standard InChI is InChI=1S/C14H20N4O/c1-5-10(4)11-6-7-12-13(15-8-16-18(11)12)17-14(19)9(2)3/h6-10H,5H2,1-4H3,(H,15,16,17,19). The minimum atomic E-state index is -0.0704. The number of nitrogens with zero attached hydrogens (tertiary/aromatic N) is 3. The number of hydrogen-bond donors (Lipinski definition) is 1. The van der Waals surface area contributed by atoms with Crippen LogP contribution in [0.15, 0.2) is 18.5 Å². The Bertz CT molecular complexity index is 588. The molecule has 5 heteroatoms. The van der Waals surface area contributed by atoms with E-state index in [1.807, 2.05) is 30.5 Å². The average Bonchev–Trinajstić information content (AvgIpc) is 2.82. The molecule has 1 atom stereocenters. The van der Waals surface area contributed by atoms with Gasteiger partial charge in [-0.1, -0.05) is 27.7 Å². The second-order valence-corrected chi connectivity index (χ2v) is 5.12. The van der Waals surface area contributed by atoms with Crippen LogP contribution in [0.25, 0.3) is 5.52 Å². The van der Waals surface area contributed by atoms with Gasteiger partial charge >= 0.3 is 0 Å². The second-order valence-electron chi connectivity index (χ2n) is 5.12. The van der Waals surface area contributed by atoms with Gasteiger partial charge in [-0.25, -0.2) is 9.50 Å². The normalized spacial score (nSPS) is 12.9. The van der Waals surface area contributed by atoms with Crippen molar-refractivity contribution in [3.05, 3.63) is 24.2 Å². The Morgan fingerprint density at radius 1 is 1.37 bits per heavy atom. The molecule has 0 saturated carbocycles. The summed E-state index contributed by atoms with van der Waals surface area (Å²) in [5.41, 5.74) is 1.98. The predicted octanol–water partition coefficient (Wildman–Crippen LogP) is 2.84. The zero-order valence-corrected chi connectivity index (χ0v) is 11.8. The van der Waals surface area contributed by atoms with Gasteiger partial charge in [0.15, 0.2) is 5.82 Å². The molecule has 1 unspecified atom stereocenters.